The van der Waals surface area contributed by atoms with E-state index in [-0.39, 0.29) is 11.7 Å². The van der Waals surface area contributed by atoms with Crippen LogP contribution in [0.1, 0.15) is 24.3 Å². The van der Waals surface area contributed by atoms with Gasteiger partial charge in [-0.15, -0.1) is 0 Å². The lowest BCUT2D eigenvalue weighted by Crippen LogP contribution is -2.42. The van der Waals surface area contributed by atoms with Gasteiger partial charge in [0.2, 0.25) is 0 Å². The van der Waals surface area contributed by atoms with Crippen molar-refractivity contribution in [1.82, 2.24) is 10.0 Å². The number of hydrogen-bond acceptors (Lipinski definition) is 4. The molecule has 24 heavy (non-hydrogen) atoms. The van der Waals surface area contributed by atoms with Gasteiger partial charge in [-0.2, -0.15) is 0 Å². The third kappa shape index (κ3) is 4.38. The number of phenolic OH excluding ortho intramolecular Hbond substituents is 1. The summed E-state index contributed by atoms with van der Waals surface area (Å²) in [5, 5.41) is 14.7. The van der Waals surface area contributed by atoms with E-state index < -0.39 is 0 Å². The quantitative estimate of drug-likeness (QED) is 0.647. The Kier molecular flexibility index (Phi) is 6.31. The first kappa shape index (κ1) is 17.9. The summed E-state index contributed by atoms with van der Waals surface area (Å²) < 4.78 is 3.42. The second-order valence-corrected chi connectivity index (χ2v) is 7.68. The summed E-state index contributed by atoms with van der Waals surface area (Å²) in [6.45, 7) is 1.74. The van der Waals surface area contributed by atoms with E-state index in [1.807, 2.05) is 18.2 Å². The van der Waals surface area contributed by atoms with Gasteiger partial charge >= 0.3 is 0 Å². The lowest BCUT2D eigenvalue weighted by Gasteiger charge is -2.31. The average molecular weight is 383 g/mol. The number of piperidine rings is 1. The number of benzene rings is 2. The first-order valence-electron chi connectivity index (χ1n) is 8.00. The third-order valence-corrected chi connectivity index (χ3v) is 5.91. The van der Waals surface area contributed by atoms with E-state index in [1.165, 1.54) is 4.90 Å². The fraction of sp³-hybridized carbons (Fsp3) is 0.333. The molecule has 3 rings (SSSR count). The lowest BCUT2D eigenvalue weighted by atomic mass is 9.86. The second kappa shape index (κ2) is 8.45. The van der Waals surface area contributed by atoms with Gasteiger partial charge in [-0.3, -0.25) is 4.72 Å². The van der Waals surface area contributed by atoms with Gasteiger partial charge in [-0.25, -0.2) is 0 Å². The van der Waals surface area contributed by atoms with Gasteiger partial charge in [0.05, 0.1) is 10.0 Å². The molecule has 0 aromatic heterocycles. The zero-order chi connectivity index (χ0) is 16.9. The first-order chi connectivity index (χ1) is 11.6. The molecule has 2 aromatic rings. The SMILES string of the molecule is Oc1ccc(Cl)c(Cl)c1C1CCNC(CNSc2ccccc2)C1. The predicted molar refractivity (Wildman–Crippen MR) is 102 cm³/mol. The van der Waals surface area contributed by atoms with Gasteiger partial charge in [-0.1, -0.05) is 41.4 Å². The molecule has 1 fully saturated rings. The highest BCUT2D eigenvalue weighted by molar-refractivity contribution is 7.97. The largest absolute Gasteiger partial charge is 0.508 e. The molecule has 3 N–H and O–H groups in total. The zero-order valence-electron chi connectivity index (χ0n) is 13.1. The van der Waals surface area contributed by atoms with Gasteiger partial charge in [0.1, 0.15) is 5.75 Å². The summed E-state index contributed by atoms with van der Waals surface area (Å²) in [5.74, 6) is 0.452. The van der Waals surface area contributed by atoms with Crippen LogP contribution in [0.25, 0.3) is 0 Å². The molecule has 1 heterocycles. The van der Waals surface area contributed by atoms with Crippen molar-refractivity contribution in [1.29, 1.82) is 0 Å². The Morgan fingerprint density at radius 1 is 1.17 bits per heavy atom. The Hall–Kier alpha value is -0.910. The highest BCUT2D eigenvalue weighted by Crippen LogP contribution is 2.41. The van der Waals surface area contributed by atoms with Crippen molar-refractivity contribution in [3.8, 4) is 5.75 Å². The van der Waals surface area contributed by atoms with Gasteiger partial charge in [-0.05, 0) is 61.5 Å². The molecule has 2 unspecified atom stereocenters. The molecule has 1 saturated heterocycles. The molecule has 0 saturated carbocycles. The normalized spacial score (nSPS) is 20.9. The molecule has 0 aliphatic carbocycles. The van der Waals surface area contributed by atoms with Gasteiger partial charge in [0.25, 0.3) is 0 Å². The Labute approximate surface area is 156 Å². The van der Waals surface area contributed by atoms with E-state index in [1.54, 1.807) is 24.1 Å². The Morgan fingerprint density at radius 2 is 1.96 bits per heavy atom. The van der Waals surface area contributed by atoms with Crippen LogP contribution in [-0.2, 0) is 0 Å². The summed E-state index contributed by atoms with van der Waals surface area (Å²) in [6.07, 6.45) is 1.85. The van der Waals surface area contributed by atoms with Crippen molar-refractivity contribution in [2.75, 3.05) is 13.1 Å². The Bertz CT molecular complexity index is 684. The Morgan fingerprint density at radius 3 is 2.75 bits per heavy atom. The smallest absolute Gasteiger partial charge is 0.120 e. The zero-order valence-corrected chi connectivity index (χ0v) is 15.5. The highest BCUT2D eigenvalue weighted by atomic mass is 35.5. The molecule has 0 amide bonds. The van der Waals surface area contributed by atoms with Crippen LogP contribution in [0.15, 0.2) is 47.4 Å². The lowest BCUT2D eigenvalue weighted by molar-refractivity contribution is 0.354. The van der Waals surface area contributed by atoms with Crippen LogP contribution < -0.4 is 10.0 Å². The molecular formula is C18H20Cl2N2OS. The highest BCUT2D eigenvalue weighted by Gasteiger charge is 2.27. The van der Waals surface area contributed by atoms with E-state index in [0.29, 0.717) is 16.1 Å². The molecule has 3 nitrogen and oxygen atoms in total. The average Bonchev–Trinajstić information content (AvgIpc) is 2.60. The maximum absolute atomic E-state index is 10.2. The van der Waals surface area contributed by atoms with Crippen LogP contribution in [0.3, 0.4) is 0 Å². The van der Waals surface area contributed by atoms with E-state index in [0.717, 1.165) is 31.5 Å². The second-order valence-electron chi connectivity index (χ2n) is 5.93. The van der Waals surface area contributed by atoms with Crippen LogP contribution in [-0.4, -0.2) is 24.2 Å². The fourth-order valence-corrected chi connectivity index (χ4v) is 4.31. The minimum Gasteiger partial charge on any atom is -0.508 e. The number of halogens is 2. The van der Waals surface area contributed by atoms with Crippen molar-refractivity contribution >= 4 is 35.1 Å². The summed E-state index contributed by atoms with van der Waals surface area (Å²) in [7, 11) is 0. The maximum atomic E-state index is 10.2. The molecule has 0 radical (unpaired) electrons. The van der Waals surface area contributed by atoms with Crippen LogP contribution in [0.2, 0.25) is 10.0 Å². The molecule has 0 spiro atoms. The van der Waals surface area contributed by atoms with Crippen molar-refractivity contribution in [3.63, 3.8) is 0 Å². The van der Waals surface area contributed by atoms with Crippen molar-refractivity contribution in [3.05, 3.63) is 58.1 Å². The summed E-state index contributed by atoms with van der Waals surface area (Å²) >= 11 is 14.1. The number of nitrogens with one attached hydrogen (secondary N) is 2. The minimum absolute atomic E-state index is 0.214. The van der Waals surface area contributed by atoms with Gasteiger partial charge < -0.3 is 10.4 Å². The topological polar surface area (TPSA) is 44.3 Å². The van der Waals surface area contributed by atoms with Crippen LogP contribution in [0.4, 0.5) is 0 Å². The summed E-state index contributed by atoms with van der Waals surface area (Å²) in [5.41, 5.74) is 0.784. The van der Waals surface area contributed by atoms with E-state index in [9.17, 15) is 5.11 Å². The van der Waals surface area contributed by atoms with Crippen molar-refractivity contribution in [2.24, 2.45) is 0 Å². The minimum atomic E-state index is 0.214. The molecule has 2 aromatic carbocycles. The monoisotopic (exact) mass is 382 g/mol. The number of aromatic hydroxyl groups is 1. The molecule has 2 atom stereocenters. The standard InChI is InChI=1S/C18H20Cl2N2OS/c19-15-6-7-16(23)17(18(15)20)12-8-9-21-13(10-12)11-22-24-14-4-2-1-3-5-14/h1-7,12-13,21-23H,8-11H2. The predicted octanol–water partition coefficient (Wildman–Crippen LogP) is 4.83. The number of phenols is 1. The fourth-order valence-electron chi connectivity index (χ4n) is 3.08. The molecule has 6 heteroatoms. The third-order valence-electron chi connectivity index (χ3n) is 4.28. The maximum Gasteiger partial charge on any atom is 0.120 e. The van der Waals surface area contributed by atoms with Crippen LogP contribution in [0, 0.1) is 0 Å². The first-order valence-corrected chi connectivity index (χ1v) is 9.57. The number of rotatable bonds is 5. The summed E-state index contributed by atoms with van der Waals surface area (Å²) in [6, 6.07) is 13.8. The molecule has 0 bridgehead atoms. The van der Waals surface area contributed by atoms with Gasteiger partial charge in [0, 0.05) is 23.0 Å². The van der Waals surface area contributed by atoms with Crippen LogP contribution >= 0.6 is 35.1 Å². The van der Waals surface area contributed by atoms with E-state index in [2.05, 4.69) is 22.2 Å². The summed E-state index contributed by atoms with van der Waals surface area (Å²) in [4.78, 5) is 1.19. The molecule has 128 valence electrons. The number of hydrogen-bond donors (Lipinski definition) is 3. The molecule has 1 aliphatic heterocycles. The molecular weight excluding hydrogens is 363 g/mol. The van der Waals surface area contributed by atoms with E-state index in [4.69, 9.17) is 23.2 Å². The Balaban J connectivity index is 1.60. The van der Waals surface area contributed by atoms with Crippen molar-refractivity contribution in [2.45, 2.75) is 29.7 Å². The van der Waals surface area contributed by atoms with E-state index >= 15 is 0 Å². The molecule has 1 aliphatic rings. The van der Waals surface area contributed by atoms with Gasteiger partial charge in [0.15, 0.2) is 0 Å². The van der Waals surface area contributed by atoms with Crippen molar-refractivity contribution < 1.29 is 5.11 Å². The van der Waals surface area contributed by atoms with Crippen LogP contribution in [0.5, 0.6) is 5.75 Å².